The van der Waals surface area contributed by atoms with Gasteiger partial charge >= 0.3 is 0 Å². The van der Waals surface area contributed by atoms with E-state index in [0.29, 0.717) is 6.04 Å². The normalized spacial score (nSPS) is 13.5. The predicted molar refractivity (Wildman–Crippen MR) is 50.8 cm³/mol. The Morgan fingerprint density at radius 2 is 2.09 bits per heavy atom. The quantitative estimate of drug-likeness (QED) is 0.600. The monoisotopic (exact) mass is 156 g/mol. The second-order valence-electron chi connectivity index (χ2n) is 3.50. The Morgan fingerprint density at radius 1 is 1.55 bits per heavy atom. The molecule has 0 saturated carbocycles. The van der Waals surface area contributed by atoms with Crippen LogP contribution < -0.4 is 5.32 Å². The lowest BCUT2D eigenvalue weighted by Gasteiger charge is -2.18. The molecular weight excluding hydrogens is 136 g/mol. The van der Waals surface area contributed by atoms with Crippen LogP contribution in [0.4, 0.5) is 0 Å². The van der Waals surface area contributed by atoms with E-state index in [1.807, 2.05) is 6.92 Å². The molecule has 0 heterocycles. The molecule has 0 aromatic carbocycles. The highest BCUT2D eigenvalue weighted by atomic mass is 15.1. The molecule has 0 aliphatic heterocycles. The maximum absolute atomic E-state index is 3.83. The molecule has 66 valence electrons. The molecule has 1 atom stereocenters. The third-order valence-corrected chi connectivity index (χ3v) is 1.39. The van der Waals surface area contributed by atoms with E-state index in [0.717, 1.165) is 13.1 Å². The van der Waals surface area contributed by atoms with E-state index in [2.05, 4.69) is 37.8 Å². The van der Waals surface area contributed by atoms with Crippen LogP contribution in [-0.2, 0) is 0 Å². The van der Waals surface area contributed by atoms with Crippen LogP contribution in [0.3, 0.4) is 0 Å². The summed E-state index contributed by atoms with van der Waals surface area (Å²) in [6.07, 6.45) is 0. The Balaban J connectivity index is 3.37. The molecule has 0 saturated heterocycles. The van der Waals surface area contributed by atoms with Gasteiger partial charge in [0, 0.05) is 19.1 Å². The molecule has 0 bridgehead atoms. The largest absolute Gasteiger partial charge is 0.309 e. The van der Waals surface area contributed by atoms with E-state index in [1.165, 1.54) is 5.57 Å². The van der Waals surface area contributed by atoms with Crippen LogP contribution in [0.25, 0.3) is 0 Å². The first kappa shape index (κ1) is 10.7. The summed E-state index contributed by atoms with van der Waals surface area (Å²) in [4.78, 5) is 2.18. The van der Waals surface area contributed by atoms with Crippen LogP contribution in [0.2, 0.25) is 0 Å². The summed E-state index contributed by atoms with van der Waals surface area (Å²) in [5.74, 6) is 0. The fourth-order valence-corrected chi connectivity index (χ4v) is 0.961. The van der Waals surface area contributed by atoms with E-state index < -0.39 is 0 Å². The number of hydrogen-bond acceptors (Lipinski definition) is 2. The van der Waals surface area contributed by atoms with Gasteiger partial charge in [0.05, 0.1) is 0 Å². The molecule has 1 N–H and O–H groups in total. The number of nitrogens with zero attached hydrogens (tertiary/aromatic N) is 1. The van der Waals surface area contributed by atoms with Crippen molar-refractivity contribution in [3.05, 3.63) is 12.2 Å². The van der Waals surface area contributed by atoms with Crippen LogP contribution >= 0.6 is 0 Å². The number of likely N-dealkylation sites (N-methyl/N-ethyl adjacent to an activating group) is 1. The molecule has 0 rings (SSSR count). The standard InChI is InChI=1S/C9H20N2/c1-8(2)6-10-9(3)7-11(4)5/h9-10H,1,6-7H2,2-5H3. The maximum Gasteiger partial charge on any atom is 0.0169 e. The van der Waals surface area contributed by atoms with E-state index in [4.69, 9.17) is 0 Å². The fraction of sp³-hybridized carbons (Fsp3) is 0.778. The van der Waals surface area contributed by atoms with Crippen molar-refractivity contribution in [3.63, 3.8) is 0 Å². The summed E-state index contributed by atoms with van der Waals surface area (Å²) in [5, 5.41) is 3.37. The minimum Gasteiger partial charge on any atom is -0.309 e. The van der Waals surface area contributed by atoms with E-state index in [9.17, 15) is 0 Å². The lowest BCUT2D eigenvalue weighted by molar-refractivity contribution is 0.355. The average Bonchev–Trinajstić information content (AvgIpc) is 1.82. The van der Waals surface area contributed by atoms with E-state index in [1.54, 1.807) is 0 Å². The van der Waals surface area contributed by atoms with Crippen LogP contribution in [0.1, 0.15) is 13.8 Å². The Hall–Kier alpha value is -0.340. The molecule has 0 aliphatic rings. The van der Waals surface area contributed by atoms with Crippen LogP contribution in [0.5, 0.6) is 0 Å². The van der Waals surface area contributed by atoms with Gasteiger partial charge in [-0.25, -0.2) is 0 Å². The zero-order chi connectivity index (χ0) is 8.85. The van der Waals surface area contributed by atoms with Gasteiger partial charge in [-0.2, -0.15) is 0 Å². The highest BCUT2D eigenvalue weighted by molar-refractivity contribution is 4.91. The molecule has 2 nitrogen and oxygen atoms in total. The van der Waals surface area contributed by atoms with Gasteiger partial charge in [-0.15, -0.1) is 0 Å². The maximum atomic E-state index is 3.83. The lowest BCUT2D eigenvalue weighted by atomic mass is 10.3. The minimum atomic E-state index is 0.543. The predicted octanol–water partition coefficient (Wildman–Crippen LogP) is 1.10. The van der Waals surface area contributed by atoms with Crippen molar-refractivity contribution in [2.45, 2.75) is 19.9 Å². The molecule has 0 aliphatic carbocycles. The molecular formula is C9H20N2. The first-order chi connectivity index (χ1) is 5.02. The summed E-state index contributed by atoms with van der Waals surface area (Å²) in [5.41, 5.74) is 1.19. The average molecular weight is 156 g/mol. The second-order valence-corrected chi connectivity index (χ2v) is 3.50. The third kappa shape index (κ3) is 7.56. The van der Waals surface area contributed by atoms with Crippen LogP contribution in [-0.4, -0.2) is 38.1 Å². The third-order valence-electron chi connectivity index (χ3n) is 1.39. The lowest BCUT2D eigenvalue weighted by Crippen LogP contribution is -2.36. The summed E-state index contributed by atoms with van der Waals surface area (Å²) >= 11 is 0. The summed E-state index contributed by atoms with van der Waals surface area (Å²) in [6, 6.07) is 0.543. The first-order valence-corrected chi connectivity index (χ1v) is 4.05. The molecule has 1 unspecified atom stereocenters. The smallest absolute Gasteiger partial charge is 0.0169 e. The van der Waals surface area contributed by atoms with E-state index >= 15 is 0 Å². The van der Waals surface area contributed by atoms with Crippen molar-refractivity contribution in [1.82, 2.24) is 10.2 Å². The van der Waals surface area contributed by atoms with Crippen molar-refractivity contribution in [2.24, 2.45) is 0 Å². The zero-order valence-electron chi connectivity index (χ0n) is 8.15. The van der Waals surface area contributed by atoms with Gasteiger partial charge in [0.25, 0.3) is 0 Å². The van der Waals surface area contributed by atoms with Crippen molar-refractivity contribution >= 4 is 0 Å². The first-order valence-electron chi connectivity index (χ1n) is 4.05. The number of nitrogens with one attached hydrogen (secondary N) is 1. The van der Waals surface area contributed by atoms with Gasteiger partial charge in [0.15, 0.2) is 0 Å². The summed E-state index contributed by atoms with van der Waals surface area (Å²) < 4.78 is 0. The summed E-state index contributed by atoms with van der Waals surface area (Å²) in [6.45, 7) is 10.1. The van der Waals surface area contributed by atoms with Gasteiger partial charge in [-0.1, -0.05) is 12.2 Å². The molecule has 11 heavy (non-hydrogen) atoms. The van der Waals surface area contributed by atoms with Crippen LogP contribution in [0, 0.1) is 0 Å². The molecule has 0 radical (unpaired) electrons. The van der Waals surface area contributed by atoms with Crippen LogP contribution in [0.15, 0.2) is 12.2 Å². The Morgan fingerprint density at radius 3 is 2.45 bits per heavy atom. The van der Waals surface area contributed by atoms with Gasteiger partial charge < -0.3 is 10.2 Å². The second kappa shape index (κ2) is 5.33. The fourth-order valence-electron chi connectivity index (χ4n) is 0.961. The van der Waals surface area contributed by atoms with Gasteiger partial charge in [0.1, 0.15) is 0 Å². The molecule has 0 amide bonds. The van der Waals surface area contributed by atoms with Crippen molar-refractivity contribution < 1.29 is 0 Å². The Bertz CT molecular complexity index is 119. The van der Waals surface area contributed by atoms with E-state index in [-0.39, 0.29) is 0 Å². The SMILES string of the molecule is C=C(C)CNC(C)CN(C)C. The van der Waals surface area contributed by atoms with Crippen molar-refractivity contribution in [3.8, 4) is 0 Å². The molecule has 2 heteroatoms. The number of hydrogen-bond donors (Lipinski definition) is 1. The molecule has 0 aromatic rings. The molecule has 0 fully saturated rings. The highest BCUT2D eigenvalue weighted by Crippen LogP contribution is 1.87. The zero-order valence-corrected chi connectivity index (χ0v) is 8.15. The minimum absolute atomic E-state index is 0.543. The number of rotatable bonds is 5. The van der Waals surface area contributed by atoms with Gasteiger partial charge in [0.2, 0.25) is 0 Å². The Labute approximate surface area is 70.3 Å². The topological polar surface area (TPSA) is 15.3 Å². The van der Waals surface area contributed by atoms with Crippen molar-refractivity contribution in [2.75, 3.05) is 27.2 Å². The highest BCUT2D eigenvalue weighted by Gasteiger charge is 2.00. The summed E-state index contributed by atoms with van der Waals surface area (Å²) in [7, 11) is 4.16. The molecule has 0 spiro atoms. The van der Waals surface area contributed by atoms with Gasteiger partial charge in [-0.05, 0) is 27.9 Å². The van der Waals surface area contributed by atoms with Crippen molar-refractivity contribution in [1.29, 1.82) is 0 Å². The Kier molecular flexibility index (Phi) is 5.16. The van der Waals surface area contributed by atoms with Gasteiger partial charge in [-0.3, -0.25) is 0 Å². The molecule has 0 aromatic heterocycles.